The zero-order chi connectivity index (χ0) is 8.27. The van der Waals surface area contributed by atoms with Crippen LogP contribution in [0.4, 0.5) is 5.69 Å². The van der Waals surface area contributed by atoms with Crippen molar-refractivity contribution >= 4 is 12.0 Å². The summed E-state index contributed by atoms with van der Waals surface area (Å²) in [6.07, 6.45) is 3.68. The molecule has 0 unspecified atom stereocenters. The smallest absolute Gasteiger partial charge is 0.170 e. The normalized spacial score (nSPS) is 9.27. The second kappa shape index (κ2) is 3.09. The molecule has 0 aromatic carbocycles. The predicted octanol–water partition coefficient (Wildman–Crippen LogP) is 0.355. The lowest BCUT2D eigenvalue weighted by Gasteiger charge is -2.11. The first kappa shape index (κ1) is 7.65. The molecule has 0 aliphatic carbocycles. The number of rotatable bonds is 2. The number of hydrogen-bond acceptors (Lipinski definition) is 4. The first-order valence-electron chi connectivity index (χ1n) is 3.18. The Hall–Kier alpha value is -1.45. The highest BCUT2D eigenvalue weighted by atomic mass is 16.1. The van der Waals surface area contributed by atoms with Crippen LogP contribution in [0.3, 0.4) is 0 Å². The van der Waals surface area contributed by atoms with Gasteiger partial charge in [0.2, 0.25) is 0 Å². The van der Waals surface area contributed by atoms with Crippen LogP contribution in [0, 0.1) is 0 Å². The second-order valence-electron chi connectivity index (χ2n) is 2.31. The lowest BCUT2D eigenvalue weighted by Crippen LogP contribution is -2.12. The van der Waals surface area contributed by atoms with E-state index in [9.17, 15) is 4.79 Å². The van der Waals surface area contributed by atoms with Gasteiger partial charge < -0.3 is 4.90 Å². The van der Waals surface area contributed by atoms with Gasteiger partial charge in [0.15, 0.2) is 6.29 Å². The number of anilines is 1. The van der Waals surface area contributed by atoms with E-state index in [0.717, 1.165) is 12.0 Å². The van der Waals surface area contributed by atoms with Crippen LogP contribution in [0.2, 0.25) is 0 Å². The third kappa shape index (κ3) is 1.52. The van der Waals surface area contributed by atoms with E-state index in [-0.39, 0.29) is 0 Å². The number of carbonyl (C=O) groups excluding carboxylic acids is 1. The summed E-state index contributed by atoms with van der Waals surface area (Å²) < 4.78 is 0. The van der Waals surface area contributed by atoms with Gasteiger partial charge in [-0.25, -0.2) is 9.97 Å². The van der Waals surface area contributed by atoms with Crippen LogP contribution in [0.1, 0.15) is 10.5 Å². The van der Waals surface area contributed by atoms with Gasteiger partial charge in [-0.3, -0.25) is 4.79 Å². The van der Waals surface area contributed by atoms with Crippen molar-refractivity contribution in [2.24, 2.45) is 0 Å². The summed E-state index contributed by atoms with van der Waals surface area (Å²) >= 11 is 0. The van der Waals surface area contributed by atoms with Crippen molar-refractivity contribution in [2.75, 3.05) is 19.0 Å². The minimum absolute atomic E-state index is 0.421. The zero-order valence-electron chi connectivity index (χ0n) is 6.48. The van der Waals surface area contributed by atoms with Crippen molar-refractivity contribution in [3.8, 4) is 0 Å². The summed E-state index contributed by atoms with van der Waals surface area (Å²) in [6.45, 7) is 0. The van der Waals surface area contributed by atoms with Crippen molar-refractivity contribution in [1.82, 2.24) is 9.97 Å². The van der Waals surface area contributed by atoms with E-state index in [1.165, 1.54) is 6.33 Å². The molecule has 0 atom stereocenters. The summed E-state index contributed by atoms with van der Waals surface area (Å²) in [5, 5.41) is 0. The average molecular weight is 151 g/mol. The monoisotopic (exact) mass is 151 g/mol. The Morgan fingerprint density at radius 2 is 2.27 bits per heavy atom. The second-order valence-corrected chi connectivity index (χ2v) is 2.31. The molecule has 1 rings (SSSR count). The molecule has 0 N–H and O–H groups in total. The van der Waals surface area contributed by atoms with Crippen molar-refractivity contribution in [1.29, 1.82) is 0 Å². The minimum Gasteiger partial charge on any atom is -0.375 e. The summed E-state index contributed by atoms with van der Waals surface area (Å²) in [5.41, 5.74) is 1.16. The van der Waals surface area contributed by atoms with Gasteiger partial charge in [-0.1, -0.05) is 0 Å². The van der Waals surface area contributed by atoms with Crippen molar-refractivity contribution in [3.05, 3.63) is 18.2 Å². The van der Waals surface area contributed by atoms with Gasteiger partial charge in [0.1, 0.15) is 12.0 Å². The van der Waals surface area contributed by atoms with E-state index in [1.54, 1.807) is 11.1 Å². The van der Waals surface area contributed by atoms with Crippen LogP contribution in [0.25, 0.3) is 0 Å². The van der Waals surface area contributed by atoms with E-state index in [4.69, 9.17) is 0 Å². The first-order chi connectivity index (χ1) is 5.25. The molecule has 11 heavy (non-hydrogen) atoms. The summed E-state index contributed by atoms with van der Waals surface area (Å²) in [7, 11) is 3.68. The molecule has 4 heteroatoms. The largest absolute Gasteiger partial charge is 0.375 e. The maximum absolute atomic E-state index is 10.4. The van der Waals surface area contributed by atoms with Crippen LogP contribution in [-0.4, -0.2) is 30.3 Å². The molecule has 58 valence electrons. The maximum Gasteiger partial charge on any atom is 0.170 e. The van der Waals surface area contributed by atoms with E-state index >= 15 is 0 Å². The van der Waals surface area contributed by atoms with E-state index < -0.39 is 0 Å². The van der Waals surface area contributed by atoms with Crippen molar-refractivity contribution in [3.63, 3.8) is 0 Å². The standard InChI is InChI=1S/C7H9N3O/c1-10(2)7-3-8-5-9-6(7)4-11/h3-5H,1-2H3. The van der Waals surface area contributed by atoms with Gasteiger partial charge in [0, 0.05) is 14.1 Å². The van der Waals surface area contributed by atoms with Crippen LogP contribution in [0.5, 0.6) is 0 Å². The fourth-order valence-electron chi connectivity index (χ4n) is 0.767. The van der Waals surface area contributed by atoms with Gasteiger partial charge in [-0.15, -0.1) is 0 Å². The first-order valence-corrected chi connectivity index (χ1v) is 3.18. The number of carbonyl (C=O) groups is 1. The molecule has 0 amide bonds. The third-order valence-electron chi connectivity index (χ3n) is 1.32. The molecule has 1 heterocycles. The van der Waals surface area contributed by atoms with Crippen molar-refractivity contribution in [2.45, 2.75) is 0 Å². The predicted molar refractivity (Wildman–Crippen MR) is 41.7 cm³/mol. The van der Waals surface area contributed by atoms with Crippen LogP contribution in [0.15, 0.2) is 12.5 Å². The molecule has 0 saturated carbocycles. The molecule has 0 aliphatic rings. The lowest BCUT2D eigenvalue weighted by atomic mass is 10.3. The molecular weight excluding hydrogens is 142 g/mol. The van der Waals surface area contributed by atoms with Gasteiger partial charge in [0.25, 0.3) is 0 Å². The SMILES string of the molecule is CN(C)c1cncnc1C=O. The molecule has 0 radical (unpaired) electrons. The Bertz CT molecular complexity index is 260. The summed E-state index contributed by atoms with van der Waals surface area (Å²) in [5.74, 6) is 0. The minimum atomic E-state index is 0.421. The van der Waals surface area contributed by atoms with E-state index in [0.29, 0.717) is 5.69 Å². The fraction of sp³-hybridized carbons (Fsp3) is 0.286. The number of aldehydes is 1. The summed E-state index contributed by atoms with van der Waals surface area (Å²) in [4.78, 5) is 19.8. The molecule has 1 aromatic heterocycles. The van der Waals surface area contributed by atoms with Crippen molar-refractivity contribution < 1.29 is 4.79 Å². The molecule has 0 spiro atoms. The number of nitrogens with zero attached hydrogens (tertiary/aromatic N) is 3. The molecule has 0 aliphatic heterocycles. The van der Waals surface area contributed by atoms with Gasteiger partial charge in [0.05, 0.1) is 11.9 Å². The average Bonchev–Trinajstić information content (AvgIpc) is 2.04. The Labute approximate surface area is 64.9 Å². The Kier molecular flexibility index (Phi) is 2.15. The Morgan fingerprint density at radius 1 is 1.55 bits per heavy atom. The van der Waals surface area contributed by atoms with Crippen LogP contribution >= 0.6 is 0 Å². The fourth-order valence-corrected chi connectivity index (χ4v) is 0.767. The van der Waals surface area contributed by atoms with Crippen LogP contribution in [-0.2, 0) is 0 Å². The summed E-state index contributed by atoms with van der Waals surface area (Å²) in [6, 6.07) is 0. The lowest BCUT2D eigenvalue weighted by molar-refractivity contribution is 0.111. The molecule has 0 saturated heterocycles. The Balaban J connectivity index is 3.12. The zero-order valence-corrected chi connectivity index (χ0v) is 6.48. The molecule has 0 bridgehead atoms. The molecule has 1 aromatic rings. The van der Waals surface area contributed by atoms with Gasteiger partial charge in [-0.2, -0.15) is 0 Å². The quantitative estimate of drug-likeness (QED) is 0.572. The van der Waals surface area contributed by atoms with E-state index in [1.807, 2.05) is 14.1 Å². The highest BCUT2D eigenvalue weighted by Gasteiger charge is 2.02. The highest BCUT2D eigenvalue weighted by Crippen LogP contribution is 2.10. The number of aromatic nitrogens is 2. The third-order valence-corrected chi connectivity index (χ3v) is 1.32. The molecule has 4 nitrogen and oxygen atoms in total. The number of hydrogen-bond donors (Lipinski definition) is 0. The molecule has 0 fully saturated rings. The van der Waals surface area contributed by atoms with E-state index in [2.05, 4.69) is 9.97 Å². The Morgan fingerprint density at radius 3 is 2.73 bits per heavy atom. The van der Waals surface area contributed by atoms with Gasteiger partial charge in [-0.05, 0) is 0 Å². The van der Waals surface area contributed by atoms with Crippen LogP contribution < -0.4 is 4.90 Å². The van der Waals surface area contributed by atoms with Gasteiger partial charge >= 0.3 is 0 Å². The maximum atomic E-state index is 10.4. The molecular formula is C7H9N3O. The highest BCUT2D eigenvalue weighted by molar-refractivity contribution is 5.80. The topological polar surface area (TPSA) is 46.1 Å².